The van der Waals surface area contributed by atoms with Crippen molar-refractivity contribution < 1.29 is 17.9 Å². The Kier molecular flexibility index (Phi) is 2.69. The number of methoxy groups -OCH3 is 1. The zero-order valence-corrected chi connectivity index (χ0v) is 9.30. The Bertz CT molecular complexity index is 563. The highest BCUT2D eigenvalue weighted by molar-refractivity contribution is 5.83. The average Bonchev–Trinajstić information content (AvgIpc) is 2.27. The van der Waals surface area contributed by atoms with E-state index in [4.69, 9.17) is 4.74 Å². The number of alkyl halides is 3. The van der Waals surface area contributed by atoms with E-state index in [0.717, 1.165) is 6.07 Å². The van der Waals surface area contributed by atoms with E-state index in [1.165, 1.54) is 13.2 Å². The van der Waals surface area contributed by atoms with Gasteiger partial charge in [0, 0.05) is 5.39 Å². The maximum absolute atomic E-state index is 12.6. The summed E-state index contributed by atoms with van der Waals surface area (Å²) < 4.78 is 42.7. The molecule has 0 amide bonds. The minimum atomic E-state index is -4.42. The molecule has 0 N–H and O–H groups in total. The summed E-state index contributed by atoms with van der Waals surface area (Å²) in [6.07, 6.45) is -4.42. The van der Waals surface area contributed by atoms with Gasteiger partial charge >= 0.3 is 6.18 Å². The Morgan fingerprint density at radius 1 is 1.18 bits per heavy atom. The van der Waals surface area contributed by atoms with Gasteiger partial charge in [-0.15, -0.1) is 0 Å². The summed E-state index contributed by atoms with van der Waals surface area (Å²) in [5.74, 6) is 0.599. The van der Waals surface area contributed by atoms with E-state index >= 15 is 0 Å². The molecule has 2 rings (SSSR count). The van der Waals surface area contributed by atoms with Gasteiger partial charge in [-0.2, -0.15) is 13.2 Å². The summed E-state index contributed by atoms with van der Waals surface area (Å²) in [6, 6.07) is 5.84. The molecule has 1 aromatic carbocycles. The van der Waals surface area contributed by atoms with Crippen LogP contribution in [-0.4, -0.2) is 12.1 Å². The van der Waals surface area contributed by atoms with Crippen molar-refractivity contribution in [3.05, 3.63) is 35.5 Å². The molecule has 17 heavy (non-hydrogen) atoms. The standard InChI is InChI=1S/C12H10F3NO/c1-7-5-11(12(13,14)15)16-10-4-3-8(17-2)6-9(7)10/h3-6H,1-2H3. The largest absolute Gasteiger partial charge is 0.497 e. The van der Waals surface area contributed by atoms with Crippen LogP contribution in [0.2, 0.25) is 0 Å². The fourth-order valence-corrected chi connectivity index (χ4v) is 1.65. The van der Waals surface area contributed by atoms with Crippen molar-refractivity contribution in [2.24, 2.45) is 0 Å². The summed E-state index contributed by atoms with van der Waals surface area (Å²) in [5.41, 5.74) is -0.0213. The Balaban J connectivity index is 2.68. The number of nitrogens with zero attached hydrogens (tertiary/aromatic N) is 1. The molecule has 0 saturated heterocycles. The van der Waals surface area contributed by atoms with Crippen molar-refractivity contribution in [1.82, 2.24) is 4.98 Å². The highest BCUT2D eigenvalue weighted by Crippen LogP contribution is 2.31. The van der Waals surface area contributed by atoms with E-state index in [9.17, 15) is 13.2 Å². The van der Waals surface area contributed by atoms with Crippen molar-refractivity contribution in [1.29, 1.82) is 0 Å². The van der Waals surface area contributed by atoms with Gasteiger partial charge in [0.1, 0.15) is 11.4 Å². The molecule has 5 heteroatoms. The molecule has 2 nitrogen and oxygen atoms in total. The zero-order chi connectivity index (χ0) is 12.6. The van der Waals surface area contributed by atoms with E-state index in [-0.39, 0.29) is 0 Å². The number of aryl methyl sites for hydroxylation is 1. The summed E-state index contributed by atoms with van der Waals surface area (Å²) >= 11 is 0. The van der Waals surface area contributed by atoms with Crippen LogP contribution in [0.15, 0.2) is 24.3 Å². The van der Waals surface area contributed by atoms with Crippen LogP contribution in [0.1, 0.15) is 11.3 Å². The van der Waals surface area contributed by atoms with Crippen LogP contribution in [0.5, 0.6) is 5.75 Å². The van der Waals surface area contributed by atoms with Gasteiger partial charge in [0.25, 0.3) is 0 Å². The molecule has 0 fully saturated rings. The van der Waals surface area contributed by atoms with Gasteiger partial charge in [-0.3, -0.25) is 0 Å². The molecule has 2 aromatic rings. The van der Waals surface area contributed by atoms with Crippen LogP contribution in [0.25, 0.3) is 10.9 Å². The second-order valence-electron chi connectivity index (χ2n) is 3.71. The fraction of sp³-hybridized carbons (Fsp3) is 0.250. The van der Waals surface area contributed by atoms with Crippen LogP contribution in [-0.2, 0) is 6.18 Å². The normalized spacial score (nSPS) is 11.8. The SMILES string of the molecule is COc1ccc2nc(C(F)(F)F)cc(C)c2c1. The topological polar surface area (TPSA) is 22.1 Å². The highest BCUT2D eigenvalue weighted by atomic mass is 19.4. The van der Waals surface area contributed by atoms with Gasteiger partial charge in [0.05, 0.1) is 12.6 Å². The fourth-order valence-electron chi connectivity index (χ4n) is 1.65. The summed E-state index contributed by atoms with van der Waals surface area (Å²) in [7, 11) is 1.51. The third-order valence-corrected chi connectivity index (χ3v) is 2.51. The van der Waals surface area contributed by atoms with E-state index in [1.807, 2.05) is 0 Å². The van der Waals surface area contributed by atoms with E-state index in [0.29, 0.717) is 22.2 Å². The first-order valence-corrected chi connectivity index (χ1v) is 4.94. The lowest BCUT2D eigenvalue weighted by atomic mass is 10.1. The minimum Gasteiger partial charge on any atom is -0.497 e. The average molecular weight is 241 g/mol. The Morgan fingerprint density at radius 3 is 2.47 bits per heavy atom. The molecule has 0 aliphatic carbocycles. The number of hydrogen-bond donors (Lipinski definition) is 0. The predicted octanol–water partition coefficient (Wildman–Crippen LogP) is 3.57. The molecule has 0 radical (unpaired) electrons. The maximum atomic E-state index is 12.6. The third-order valence-electron chi connectivity index (χ3n) is 2.51. The number of aromatic nitrogens is 1. The van der Waals surface area contributed by atoms with Crippen LogP contribution in [0.4, 0.5) is 13.2 Å². The number of pyridine rings is 1. The molecule has 1 aromatic heterocycles. The Morgan fingerprint density at radius 2 is 1.88 bits per heavy atom. The quantitative estimate of drug-likeness (QED) is 0.761. The van der Waals surface area contributed by atoms with E-state index in [1.54, 1.807) is 19.1 Å². The van der Waals surface area contributed by atoms with Crippen molar-refractivity contribution in [3.8, 4) is 5.75 Å². The molecular formula is C12H10F3NO. The zero-order valence-electron chi connectivity index (χ0n) is 9.30. The first-order chi connectivity index (χ1) is 7.91. The smallest absolute Gasteiger partial charge is 0.433 e. The molecule has 0 aliphatic heterocycles. The van der Waals surface area contributed by atoms with Crippen molar-refractivity contribution in [3.63, 3.8) is 0 Å². The lowest BCUT2D eigenvalue weighted by Gasteiger charge is -2.10. The number of ether oxygens (including phenoxy) is 1. The molecular weight excluding hydrogens is 231 g/mol. The van der Waals surface area contributed by atoms with Crippen LogP contribution >= 0.6 is 0 Å². The van der Waals surface area contributed by atoms with Gasteiger partial charge in [-0.05, 0) is 36.8 Å². The van der Waals surface area contributed by atoms with Crippen LogP contribution in [0.3, 0.4) is 0 Å². The monoisotopic (exact) mass is 241 g/mol. The maximum Gasteiger partial charge on any atom is 0.433 e. The molecule has 90 valence electrons. The molecule has 0 saturated carbocycles. The molecule has 0 atom stereocenters. The number of fused-ring (bicyclic) bond motifs is 1. The van der Waals surface area contributed by atoms with E-state index < -0.39 is 11.9 Å². The third kappa shape index (κ3) is 2.18. The summed E-state index contributed by atoms with van der Waals surface area (Å²) in [4.78, 5) is 3.60. The van der Waals surface area contributed by atoms with Gasteiger partial charge < -0.3 is 4.74 Å². The first kappa shape index (κ1) is 11.7. The van der Waals surface area contributed by atoms with E-state index in [2.05, 4.69) is 4.98 Å². The van der Waals surface area contributed by atoms with Crippen molar-refractivity contribution in [2.75, 3.05) is 7.11 Å². The molecule has 0 aliphatic rings. The molecule has 1 heterocycles. The summed E-state index contributed by atoms with van der Waals surface area (Å²) in [6.45, 7) is 1.62. The number of rotatable bonds is 1. The lowest BCUT2D eigenvalue weighted by molar-refractivity contribution is -0.141. The van der Waals surface area contributed by atoms with Gasteiger partial charge in [-0.25, -0.2) is 4.98 Å². The molecule has 0 unspecified atom stereocenters. The second kappa shape index (κ2) is 3.91. The number of halogens is 3. The number of benzene rings is 1. The van der Waals surface area contributed by atoms with Gasteiger partial charge in [-0.1, -0.05) is 0 Å². The number of hydrogen-bond acceptors (Lipinski definition) is 2. The molecule has 0 spiro atoms. The predicted molar refractivity (Wildman–Crippen MR) is 58.0 cm³/mol. The second-order valence-corrected chi connectivity index (χ2v) is 3.71. The van der Waals surface area contributed by atoms with Gasteiger partial charge in [0.2, 0.25) is 0 Å². The van der Waals surface area contributed by atoms with Crippen molar-refractivity contribution >= 4 is 10.9 Å². The van der Waals surface area contributed by atoms with Crippen LogP contribution < -0.4 is 4.74 Å². The summed E-state index contributed by atoms with van der Waals surface area (Å²) in [5, 5.41) is 0.664. The first-order valence-electron chi connectivity index (χ1n) is 4.94. The Labute approximate surface area is 96.0 Å². The van der Waals surface area contributed by atoms with Crippen LogP contribution in [0, 0.1) is 6.92 Å². The minimum absolute atomic E-state index is 0.318. The lowest BCUT2D eigenvalue weighted by Crippen LogP contribution is -2.08. The Hall–Kier alpha value is -1.78. The highest BCUT2D eigenvalue weighted by Gasteiger charge is 2.32. The van der Waals surface area contributed by atoms with Gasteiger partial charge in [0.15, 0.2) is 0 Å². The van der Waals surface area contributed by atoms with Crippen molar-refractivity contribution in [2.45, 2.75) is 13.1 Å². The molecule has 0 bridgehead atoms.